The fourth-order valence-corrected chi connectivity index (χ4v) is 2.26. The SMILES string of the molecule is CC(O)(CNC(=O)NCc1coc(-c2ccccc2)n1)c1ccco1. The molecule has 2 heterocycles. The summed E-state index contributed by atoms with van der Waals surface area (Å²) in [6.45, 7) is 1.79. The number of hydrogen-bond acceptors (Lipinski definition) is 5. The normalized spacial score (nSPS) is 13.2. The van der Waals surface area contributed by atoms with E-state index in [0.717, 1.165) is 5.56 Å². The molecule has 7 heteroatoms. The molecule has 0 spiro atoms. The van der Waals surface area contributed by atoms with Gasteiger partial charge in [-0.1, -0.05) is 18.2 Å². The maximum Gasteiger partial charge on any atom is 0.315 e. The quantitative estimate of drug-likeness (QED) is 0.640. The molecular formula is C18H19N3O4. The number of hydrogen-bond donors (Lipinski definition) is 3. The second-order valence-corrected chi connectivity index (χ2v) is 5.80. The lowest BCUT2D eigenvalue weighted by Crippen LogP contribution is -2.43. The van der Waals surface area contributed by atoms with Gasteiger partial charge in [-0.05, 0) is 31.2 Å². The number of nitrogens with one attached hydrogen (secondary N) is 2. The molecule has 3 N–H and O–H groups in total. The zero-order valence-corrected chi connectivity index (χ0v) is 13.7. The summed E-state index contributed by atoms with van der Waals surface area (Å²) in [4.78, 5) is 16.2. The van der Waals surface area contributed by atoms with E-state index >= 15 is 0 Å². The number of aliphatic hydroxyl groups is 1. The van der Waals surface area contributed by atoms with Gasteiger partial charge in [-0.25, -0.2) is 9.78 Å². The van der Waals surface area contributed by atoms with Crippen LogP contribution in [0.1, 0.15) is 18.4 Å². The van der Waals surface area contributed by atoms with Gasteiger partial charge in [0.2, 0.25) is 5.89 Å². The standard InChI is InChI=1S/C18H19N3O4/c1-18(23,15-8-5-9-24-15)12-20-17(22)19-10-14-11-25-16(21-14)13-6-3-2-4-7-13/h2-9,11,23H,10,12H2,1H3,(H2,19,20,22). The molecule has 0 aliphatic carbocycles. The number of carbonyl (C=O) groups excluding carboxylic acids is 1. The van der Waals surface area contributed by atoms with E-state index < -0.39 is 11.6 Å². The van der Waals surface area contributed by atoms with Gasteiger partial charge in [0.25, 0.3) is 0 Å². The number of rotatable bonds is 6. The summed E-state index contributed by atoms with van der Waals surface area (Å²) in [5.41, 5.74) is 0.189. The van der Waals surface area contributed by atoms with Gasteiger partial charge in [0.1, 0.15) is 17.6 Å². The highest BCUT2D eigenvalue weighted by atomic mass is 16.4. The van der Waals surface area contributed by atoms with Crippen LogP contribution in [0.15, 0.2) is 63.8 Å². The van der Waals surface area contributed by atoms with Crippen molar-refractivity contribution in [1.82, 2.24) is 15.6 Å². The Morgan fingerprint density at radius 3 is 2.68 bits per heavy atom. The smallest absolute Gasteiger partial charge is 0.315 e. The lowest BCUT2D eigenvalue weighted by atomic mass is 10.0. The van der Waals surface area contributed by atoms with Crippen LogP contribution in [0.25, 0.3) is 11.5 Å². The zero-order chi connectivity index (χ0) is 17.7. The summed E-state index contributed by atoms with van der Waals surface area (Å²) < 4.78 is 10.6. The Kier molecular flexibility index (Phi) is 4.85. The highest BCUT2D eigenvalue weighted by Crippen LogP contribution is 2.20. The van der Waals surface area contributed by atoms with Crippen LogP contribution < -0.4 is 10.6 Å². The molecule has 0 radical (unpaired) electrons. The lowest BCUT2D eigenvalue weighted by molar-refractivity contribution is 0.0367. The average molecular weight is 341 g/mol. The molecule has 3 rings (SSSR count). The zero-order valence-electron chi connectivity index (χ0n) is 13.7. The molecule has 1 unspecified atom stereocenters. The first-order valence-corrected chi connectivity index (χ1v) is 7.82. The van der Waals surface area contributed by atoms with Crippen LogP contribution in [0.5, 0.6) is 0 Å². The molecule has 2 amide bonds. The third kappa shape index (κ3) is 4.27. The third-order valence-corrected chi connectivity index (χ3v) is 3.65. The van der Waals surface area contributed by atoms with E-state index in [1.165, 1.54) is 12.5 Å². The van der Waals surface area contributed by atoms with Crippen molar-refractivity contribution in [3.8, 4) is 11.5 Å². The van der Waals surface area contributed by atoms with Gasteiger partial charge in [-0.3, -0.25) is 0 Å². The summed E-state index contributed by atoms with van der Waals surface area (Å²) in [7, 11) is 0. The summed E-state index contributed by atoms with van der Waals surface area (Å²) in [6.07, 6.45) is 2.97. The van der Waals surface area contributed by atoms with Crippen molar-refractivity contribution in [2.75, 3.05) is 6.54 Å². The second-order valence-electron chi connectivity index (χ2n) is 5.80. The fraction of sp³-hybridized carbons (Fsp3) is 0.222. The number of nitrogens with zero attached hydrogens (tertiary/aromatic N) is 1. The van der Waals surface area contributed by atoms with Gasteiger partial charge in [-0.15, -0.1) is 0 Å². The largest absolute Gasteiger partial charge is 0.466 e. The van der Waals surface area contributed by atoms with Crippen molar-refractivity contribution in [1.29, 1.82) is 0 Å². The molecule has 0 aliphatic rings. The molecule has 3 aromatic rings. The number of aromatic nitrogens is 1. The second kappa shape index (κ2) is 7.23. The molecule has 25 heavy (non-hydrogen) atoms. The maximum absolute atomic E-state index is 11.9. The van der Waals surface area contributed by atoms with Crippen LogP contribution >= 0.6 is 0 Å². The highest BCUT2D eigenvalue weighted by molar-refractivity contribution is 5.73. The predicted molar refractivity (Wildman–Crippen MR) is 90.5 cm³/mol. The topological polar surface area (TPSA) is 101 Å². The van der Waals surface area contributed by atoms with Crippen LogP contribution in [0.2, 0.25) is 0 Å². The molecule has 0 aliphatic heterocycles. The Morgan fingerprint density at radius 2 is 1.96 bits per heavy atom. The first-order valence-electron chi connectivity index (χ1n) is 7.82. The average Bonchev–Trinajstić information content (AvgIpc) is 3.31. The highest BCUT2D eigenvalue weighted by Gasteiger charge is 2.26. The van der Waals surface area contributed by atoms with Crippen LogP contribution in [0.3, 0.4) is 0 Å². The number of furan rings is 1. The Bertz CT molecular complexity index is 810. The monoisotopic (exact) mass is 341 g/mol. The predicted octanol–water partition coefficient (Wildman–Crippen LogP) is 2.64. The van der Waals surface area contributed by atoms with E-state index in [1.54, 1.807) is 19.1 Å². The molecular weight excluding hydrogens is 322 g/mol. The first-order chi connectivity index (χ1) is 12.0. The van der Waals surface area contributed by atoms with E-state index in [2.05, 4.69) is 15.6 Å². The van der Waals surface area contributed by atoms with Crippen molar-refractivity contribution in [3.05, 3.63) is 66.4 Å². The van der Waals surface area contributed by atoms with Crippen molar-refractivity contribution < 1.29 is 18.7 Å². The first kappa shape index (κ1) is 16.8. The minimum absolute atomic E-state index is 0.0143. The molecule has 2 aromatic heterocycles. The molecule has 0 fully saturated rings. The number of oxazole rings is 1. The van der Waals surface area contributed by atoms with Gasteiger partial charge < -0.3 is 24.6 Å². The lowest BCUT2D eigenvalue weighted by Gasteiger charge is -2.21. The molecule has 130 valence electrons. The van der Waals surface area contributed by atoms with Crippen molar-refractivity contribution >= 4 is 6.03 Å². The van der Waals surface area contributed by atoms with Gasteiger partial charge in [0.15, 0.2) is 0 Å². The summed E-state index contributed by atoms with van der Waals surface area (Å²) in [6, 6.07) is 12.4. The summed E-state index contributed by atoms with van der Waals surface area (Å²) in [5, 5.41) is 15.5. The Balaban J connectivity index is 1.49. The molecule has 0 saturated carbocycles. The van der Waals surface area contributed by atoms with Crippen molar-refractivity contribution in [2.24, 2.45) is 0 Å². The van der Waals surface area contributed by atoms with Crippen LogP contribution in [0.4, 0.5) is 4.79 Å². The molecule has 0 saturated heterocycles. The van der Waals surface area contributed by atoms with Crippen molar-refractivity contribution in [3.63, 3.8) is 0 Å². The summed E-state index contributed by atoms with van der Waals surface area (Å²) >= 11 is 0. The number of amides is 2. The molecule has 1 aromatic carbocycles. The van der Waals surface area contributed by atoms with Gasteiger partial charge >= 0.3 is 6.03 Å². The Labute approximate surface area is 144 Å². The van der Waals surface area contributed by atoms with Gasteiger partial charge in [-0.2, -0.15) is 0 Å². The third-order valence-electron chi connectivity index (χ3n) is 3.65. The van der Waals surface area contributed by atoms with Gasteiger partial charge in [0, 0.05) is 5.56 Å². The van der Waals surface area contributed by atoms with E-state index in [0.29, 0.717) is 17.3 Å². The minimum atomic E-state index is -1.28. The number of urea groups is 1. The van der Waals surface area contributed by atoms with Crippen LogP contribution in [0, 0.1) is 0 Å². The minimum Gasteiger partial charge on any atom is -0.466 e. The van der Waals surface area contributed by atoms with Crippen LogP contribution in [-0.4, -0.2) is 22.7 Å². The maximum atomic E-state index is 11.9. The van der Waals surface area contributed by atoms with E-state index in [-0.39, 0.29) is 13.1 Å². The fourth-order valence-electron chi connectivity index (χ4n) is 2.26. The van der Waals surface area contributed by atoms with Gasteiger partial charge in [0.05, 0.1) is 25.0 Å². The Hall–Kier alpha value is -3.06. The Morgan fingerprint density at radius 1 is 1.16 bits per heavy atom. The molecule has 0 bridgehead atoms. The molecule has 1 atom stereocenters. The van der Waals surface area contributed by atoms with E-state index in [1.807, 2.05) is 30.3 Å². The van der Waals surface area contributed by atoms with Crippen molar-refractivity contribution in [2.45, 2.75) is 19.1 Å². The summed E-state index contributed by atoms with van der Waals surface area (Å²) in [5.74, 6) is 0.885. The van der Waals surface area contributed by atoms with Crippen LogP contribution in [-0.2, 0) is 12.1 Å². The van der Waals surface area contributed by atoms with E-state index in [4.69, 9.17) is 8.83 Å². The van der Waals surface area contributed by atoms with E-state index in [9.17, 15) is 9.90 Å². The molecule has 7 nitrogen and oxygen atoms in total. The number of benzene rings is 1. The number of carbonyl (C=O) groups is 1.